The monoisotopic (exact) mass is 254 g/mol. The van der Waals surface area contributed by atoms with Gasteiger partial charge in [0.25, 0.3) is 0 Å². The number of hydrazine groups is 1. The van der Waals surface area contributed by atoms with Gasteiger partial charge in [0.05, 0.1) is 6.61 Å². The number of anilines is 2. The lowest BCUT2D eigenvalue weighted by molar-refractivity contribution is 0.292. The van der Waals surface area contributed by atoms with Gasteiger partial charge in [-0.1, -0.05) is 27.2 Å². The van der Waals surface area contributed by atoms with E-state index in [9.17, 15) is 0 Å². The second-order valence-corrected chi connectivity index (χ2v) is 4.15. The van der Waals surface area contributed by atoms with E-state index in [0.29, 0.717) is 24.4 Å². The average molecular weight is 254 g/mol. The van der Waals surface area contributed by atoms with Crippen LogP contribution in [0.15, 0.2) is 0 Å². The number of nitrogens with one attached hydrogen (secondary N) is 2. The highest BCUT2D eigenvalue weighted by Crippen LogP contribution is 2.11. The molecule has 0 bridgehead atoms. The van der Waals surface area contributed by atoms with E-state index in [1.165, 1.54) is 0 Å². The molecule has 1 heterocycles. The smallest absolute Gasteiger partial charge is 0.323 e. The first-order chi connectivity index (χ1) is 8.69. The molecule has 0 saturated heterocycles. The highest BCUT2D eigenvalue weighted by atomic mass is 16.5. The van der Waals surface area contributed by atoms with Crippen LogP contribution in [0.1, 0.15) is 33.6 Å². The number of hydrogen-bond acceptors (Lipinski definition) is 7. The largest absolute Gasteiger partial charge is 0.463 e. The van der Waals surface area contributed by atoms with Crippen molar-refractivity contribution in [2.45, 2.75) is 33.6 Å². The zero-order valence-corrected chi connectivity index (χ0v) is 11.2. The third kappa shape index (κ3) is 4.70. The van der Waals surface area contributed by atoms with E-state index in [1.54, 1.807) is 0 Å². The van der Waals surface area contributed by atoms with Gasteiger partial charge in [-0.2, -0.15) is 15.0 Å². The molecule has 18 heavy (non-hydrogen) atoms. The Bertz CT molecular complexity index is 359. The average Bonchev–Trinajstić information content (AvgIpc) is 2.42. The third-order valence-electron chi connectivity index (χ3n) is 2.48. The first-order valence-corrected chi connectivity index (χ1v) is 6.28. The van der Waals surface area contributed by atoms with Gasteiger partial charge >= 0.3 is 6.01 Å². The molecule has 7 heteroatoms. The molecule has 1 aromatic heterocycles. The molecule has 1 unspecified atom stereocenters. The fraction of sp³-hybridized carbons (Fsp3) is 0.727. The molecule has 1 rings (SSSR count). The Morgan fingerprint density at radius 3 is 2.56 bits per heavy atom. The van der Waals surface area contributed by atoms with Crippen LogP contribution in [0.2, 0.25) is 0 Å². The lowest BCUT2D eigenvalue weighted by Crippen LogP contribution is -2.17. The van der Waals surface area contributed by atoms with Crippen LogP contribution in [-0.2, 0) is 0 Å². The summed E-state index contributed by atoms with van der Waals surface area (Å²) in [7, 11) is 0. The molecule has 0 aromatic carbocycles. The molecule has 0 amide bonds. The molecule has 1 atom stereocenters. The van der Waals surface area contributed by atoms with E-state index in [1.807, 2.05) is 6.92 Å². The summed E-state index contributed by atoms with van der Waals surface area (Å²) in [6.45, 7) is 7.69. The van der Waals surface area contributed by atoms with Gasteiger partial charge in [-0.25, -0.2) is 5.84 Å². The fourth-order valence-corrected chi connectivity index (χ4v) is 1.17. The van der Waals surface area contributed by atoms with E-state index < -0.39 is 0 Å². The van der Waals surface area contributed by atoms with Crippen molar-refractivity contribution in [2.24, 2.45) is 11.8 Å². The third-order valence-corrected chi connectivity index (χ3v) is 2.48. The summed E-state index contributed by atoms with van der Waals surface area (Å²) < 4.78 is 5.37. The number of nitrogen functional groups attached to an aromatic ring is 1. The molecular weight excluding hydrogens is 232 g/mol. The van der Waals surface area contributed by atoms with Crippen LogP contribution >= 0.6 is 0 Å². The summed E-state index contributed by atoms with van der Waals surface area (Å²) >= 11 is 0. The number of ether oxygens (including phenoxy) is 1. The normalized spacial score (nSPS) is 12.0. The van der Waals surface area contributed by atoms with Gasteiger partial charge in [0.2, 0.25) is 11.9 Å². The van der Waals surface area contributed by atoms with Crippen molar-refractivity contribution >= 4 is 11.9 Å². The van der Waals surface area contributed by atoms with Crippen LogP contribution < -0.4 is 21.3 Å². The SMILES string of the molecule is CCCOc1nc(NN)nc(NCC(C)CC)n1. The highest BCUT2D eigenvalue weighted by Gasteiger charge is 2.07. The van der Waals surface area contributed by atoms with Crippen LogP contribution in [0.4, 0.5) is 11.9 Å². The van der Waals surface area contributed by atoms with Gasteiger partial charge in [0.15, 0.2) is 0 Å². The summed E-state index contributed by atoms with van der Waals surface area (Å²) in [5.74, 6) is 6.63. The Morgan fingerprint density at radius 2 is 1.94 bits per heavy atom. The summed E-state index contributed by atoms with van der Waals surface area (Å²) in [6.07, 6.45) is 1.99. The van der Waals surface area contributed by atoms with Crippen LogP contribution in [0.25, 0.3) is 0 Å². The molecule has 0 aliphatic carbocycles. The van der Waals surface area contributed by atoms with Crippen molar-refractivity contribution in [3.8, 4) is 6.01 Å². The quantitative estimate of drug-likeness (QED) is 0.476. The predicted octanol–water partition coefficient (Wildman–Crippen LogP) is 1.40. The Labute approximate surface area is 108 Å². The molecule has 102 valence electrons. The second kappa shape index (κ2) is 7.65. The molecule has 4 N–H and O–H groups in total. The zero-order chi connectivity index (χ0) is 13.4. The van der Waals surface area contributed by atoms with Crippen molar-refractivity contribution in [1.82, 2.24) is 15.0 Å². The second-order valence-electron chi connectivity index (χ2n) is 4.15. The number of hydrogen-bond donors (Lipinski definition) is 3. The molecule has 1 aromatic rings. The molecule has 0 fully saturated rings. The van der Waals surface area contributed by atoms with Gasteiger partial charge < -0.3 is 10.1 Å². The van der Waals surface area contributed by atoms with Crippen molar-refractivity contribution in [3.05, 3.63) is 0 Å². The number of nitrogens with zero attached hydrogens (tertiary/aromatic N) is 3. The number of rotatable bonds is 8. The molecule has 0 radical (unpaired) electrons. The van der Waals surface area contributed by atoms with Crippen molar-refractivity contribution in [3.63, 3.8) is 0 Å². The lowest BCUT2D eigenvalue weighted by atomic mass is 10.1. The molecule has 0 aliphatic rings. The van der Waals surface area contributed by atoms with Crippen molar-refractivity contribution < 1.29 is 4.74 Å². The van der Waals surface area contributed by atoms with E-state index in [0.717, 1.165) is 19.4 Å². The van der Waals surface area contributed by atoms with Crippen LogP contribution in [0, 0.1) is 5.92 Å². The van der Waals surface area contributed by atoms with E-state index in [-0.39, 0.29) is 6.01 Å². The van der Waals surface area contributed by atoms with Crippen molar-refractivity contribution in [1.29, 1.82) is 0 Å². The Morgan fingerprint density at radius 1 is 1.22 bits per heavy atom. The Kier molecular flexibility index (Phi) is 6.13. The Balaban J connectivity index is 2.70. The van der Waals surface area contributed by atoms with E-state index >= 15 is 0 Å². The summed E-state index contributed by atoms with van der Waals surface area (Å²) in [5.41, 5.74) is 2.40. The van der Waals surface area contributed by atoms with Crippen LogP contribution in [0.5, 0.6) is 6.01 Å². The maximum Gasteiger partial charge on any atom is 0.323 e. The minimum Gasteiger partial charge on any atom is -0.463 e. The number of nitrogens with two attached hydrogens (primary N) is 1. The highest BCUT2D eigenvalue weighted by molar-refractivity contribution is 5.34. The van der Waals surface area contributed by atoms with E-state index in [4.69, 9.17) is 10.6 Å². The van der Waals surface area contributed by atoms with Crippen LogP contribution in [-0.4, -0.2) is 28.1 Å². The number of aromatic nitrogens is 3. The summed E-state index contributed by atoms with van der Waals surface area (Å²) in [6, 6.07) is 0.284. The predicted molar refractivity (Wildman–Crippen MR) is 71.4 cm³/mol. The molecule has 0 aliphatic heterocycles. The first kappa shape index (κ1) is 14.4. The van der Waals surface area contributed by atoms with E-state index in [2.05, 4.69) is 39.5 Å². The minimum absolute atomic E-state index is 0.284. The topological polar surface area (TPSA) is 98.0 Å². The maximum atomic E-state index is 5.37. The van der Waals surface area contributed by atoms with Gasteiger partial charge in [-0.3, -0.25) is 5.43 Å². The molecule has 0 spiro atoms. The minimum atomic E-state index is 0.284. The van der Waals surface area contributed by atoms with Gasteiger partial charge in [0.1, 0.15) is 0 Å². The molecular formula is C11H22N6O. The molecule has 7 nitrogen and oxygen atoms in total. The first-order valence-electron chi connectivity index (χ1n) is 6.28. The van der Waals surface area contributed by atoms with Crippen molar-refractivity contribution in [2.75, 3.05) is 23.9 Å². The lowest BCUT2D eigenvalue weighted by Gasteiger charge is -2.11. The van der Waals surface area contributed by atoms with Gasteiger partial charge in [-0.05, 0) is 12.3 Å². The Hall–Kier alpha value is -1.63. The maximum absolute atomic E-state index is 5.37. The summed E-state index contributed by atoms with van der Waals surface area (Å²) in [4.78, 5) is 12.3. The van der Waals surface area contributed by atoms with Gasteiger partial charge in [-0.15, -0.1) is 0 Å². The fourth-order valence-electron chi connectivity index (χ4n) is 1.17. The van der Waals surface area contributed by atoms with Gasteiger partial charge in [0, 0.05) is 6.54 Å². The summed E-state index contributed by atoms with van der Waals surface area (Å²) in [5, 5.41) is 3.15. The van der Waals surface area contributed by atoms with Crippen LogP contribution in [0.3, 0.4) is 0 Å². The molecule has 0 saturated carbocycles. The zero-order valence-electron chi connectivity index (χ0n) is 11.2. The standard InChI is InChI=1S/C11H22N6O/c1-4-6-18-11-15-9(13-7-8(3)5-2)14-10(16-11)17-12/h8H,4-7,12H2,1-3H3,(H2,13,14,15,16,17).